The number of nitrogens with zero attached hydrogens (tertiary/aromatic N) is 5. The van der Waals surface area contributed by atoms with Gasteiger partial charge < -0.3 is 9.72 Å². The molecule has 38 heavy (non-hydrogen) atoms. The van der Waals surface area contributed by atoms with Crippen molar-refractivity contribution in [2.45, 2.75) is 45.9 Å². The highest BCUT2D eigenvalue weighted by molar-refractivity contribution is 5.79. The number of aryl methyl sites for hydroxylation is 1. The van der Waals surface area contributed by atoms with Crippen LogP contribution < -0.4 is 10.3 Å². The first-order valence-electron chi connectivity index (χ1n) is 12.8. The van der Waals surface area contributed by atoms with Crippen LogP contribution in [-0.2, 0) is 19.6 Å². The molecule has 0 fully saturated rings. The van der Waals surface area contributed by atoms with Crippen molar-refractivity contribution in [3.05, 3.63) is 117 Å². The average molecular weight is 509 g/mol. The predicted molar refractivity (Wildman–Crippen MR) is 148 cm³/mol. The molecule has 2 heterocycles. The van der Waals surface area contributed by atoms with E-state index in [9.17, 15) is 4.79 Å². The molecule has 0 amide bonds. The van der Waals surface area contributed by atoms with E-state index in [4.69, 9.17) is 4.74 Å². The first kappa shape index (κ1) is 25.4. The van der Waals surface area contributed by atoms with Crippen LogP contribution in [0, 0.1) is 6.92 Å². The van der Waals surface area contributed by atoms with E-state index in [0.29, 0.717) is 25.2 Å². The van der Waals surface area contributed by atoms with E-state index in [1.54, 1.807) is 7.11 Å². The largest absolute Gasteiger partial charge is 0.496 e. The Hall–Kier alpha value is -4.30. The maximum Gasteiger partial charge on any atom is 0.252 e. The van der Waals surface area contributed by atoms with Crippen LogP contribution in [-0.4, -0.2) is 37.2 Å². The fourth-order valence-corrected chi connectivity index (χ4v) is 4.96. The quantitative estimate of drug-likeness (QED) is 0.285. The van der Waals surface area contributed by atoms with Crippen LogP contribution in [0.15, 0.2) is 83.7 Å². The molecule has 0 aliphatic rings. The molecule has 1 N–H and O–H groups in total. The number of pyridine rings is 1. The molecule has 1 atom stereocenters. The minimum atomic E-state index is -0.133. The van der Waals surface area contributed by atoms with Crippen molar-refractivity contribution in [2.75, 3.05) is 7.11 Å². The number of hydrogen-bond acceptors (Lipinski definition) is 6. The van der Waals surface area contributed by atoms with E-state index in [-0.39, 0.29) is 11.6 Å². The topological polar surface area (TPSA) is 88.9 Å². The second kappa shape index (κ2) is 11.4. The standard InChI is InChI=1S/C30H32N6O2/c1-4-27(29-32-33-34-36(29)18-22-10-6-5-7-11-22)35(19-23-12-8-9-13-28(23)38-3)20-25-17-24-16-21(2)14-15-26(24)31-30(25)37/h5-17,27H,4,18-20H2,1-3H3,(H,31,37). The van der Waals surface area contributed by atoms with Gasteiger partial charge in [-0.15, -0.1) is 5.10 Å². The number of H-pyrrole nitrogens is 1. The molecule has 1 unspecified atom stereocenters. The molecule has 5 aromatic rings. The second-order valence-electron chi connectivity index (χ2n) is 9.54. The summed E-state index contributed by atoms with van der Waals surface area (Å²) in [5.74, 6) is 1.57. The third-order valence-electron chi connectivity index (χ3n) is 6.88. The van der Waals surface area contributed by atoms with Crippen LogP contribution in [0.25, 0.3) is 10.9 Å². The van der Waals surface area contributed by atoms with Gasteiger partial charge in [0.2, 0.25) is 0 Å². The van der Waals surface area contributed by atoms with Gasteiger partial charge in [-0.25, -0.2) is 4.68 Å². The average Bonchev–Trinajstić information content (AvgIpc) is 3.38. The molecule has 0 spiro atoms. The number of hydrogen-bond donors (Lipinski definition) is 1. The summed E-state index contributed by atoms with van der Waals surface area (Å²) in [5.41, 5.74) is 4.73. The van der Waals surface area contributed by atoms with Gasteiger partial charge in [0.25, 0.3) is 5.56 Å². The SMILES string of the molecule is CCC(c1nnnn1Cc1ccccc1)N(Cc1ccccc1OC)Cc1cc2cc(C)ccc2[nH]c1=O. The molecule has 0 aliphatic heterocycles. The Morgan fingerprint density at radius 2 is 1.74 bits per heavy atom. The Balaban J connectivity index is 1.55. The van der Waals surface area contributed by atoms with E-state index in [1.807, 2.05) is 59.3 Å². The molecule has 0 aliphatic carbocycles. The van der Waals surface area contributed by atoms with E-state index in [0.717, 1.165) is 45.6 Å². The Labute approximate surface area is 221 Å². The molecule has 3 aromatic carbocycles. The lowest BCUT2D eigenvalue weighted by Gasteiger charge is -2.30. The first-order chi connectivity index (χ1) is 18.6. The Bertz CT molecular complexity index is 1580. The van der Waals surface area contributed by atoms with Gasteiger partial charge in [-0.1, -0.05) is 67.1 Å². The fraction of sp³-hybridized carbons (Fsp3) is 0.267. The van der Waals surface area contributed by atoms with Crippen LogP contribution >= 0.6 is 0 Å². The zero-order valence-corrected chi connectivity index (χ0v) is 22.0. The highest BCUT2D eigenvalue weighted by Gasteiger charge is 2.27. The van der Waals surface area contributed by atoms with Gasteiger partial charge in [0.05, 0.1) is 19.7 Å². The number of benzene rings is 3. The Morgan fingerprint density at radius 3 is 2.53 bits per heavy atom. The van der Waals surface area contributed by atoms with E-state index >= 15 is 0 Å². The van der Waals surface area contributed by atoms with Crippen molar-refractivity contribution in [1.29, 1.82) is 0 Å². The molecule has 0 bridgehead atoms. The minimum Gasteiger partial charge on any atom is -0.496 e. The molecule has 0 radical (unpaired) electrons. The van der Waals surface area contributed by atoms with Gasteiger partial charge in [0, 0.05) is 29.7 Å². The smallest absolute Gasteiger partial charge is 0.252 e. The van der Waals surface area contributed by atoms with Gasteiger partial charge in [-0.05, 0) is 59.0 Å². The highest BCUT2D eigenvalue weighted by Crippen LogP contribution is 2.29. The molecular weight excluding hydrogens is 476 g/mol. The number of para-hydroxylation sites is 1. The molecule has 194 valence electrons. The second-order valence-corrected chi connectivity index (χ2v) is 9.54. The van der Waals surface area contributed by atoms with Crippen molar-refractivity contribution in [3.8, 4) is 5.75 Å². The van der Waals surface area contributed by atoms with E-state index in [2.05, 4.69) is 63.5 Å². The lowest BCUT2D eigenvalue weighted by atomic mass is 10.1. The zero-order chi connectivity index (χ0) is 26.5. The number of methoxy groups -OCH3 is 1. The lowest BCUT2D eigenvalue weighted by Crippen LogP contribution is -2.32. The maximum absolute atomic E-state index is 13.2. The molecule has 8 heteroatoms. The summed E-state index contributed by atoms with van der Waals surface area (Å²) in [6, 6.07) is 26.0. The van der Waals surface area contributed by atoms with E-state index < -0.39 is 0 Å². The summed E-state index contributed by atoms with van der Waals surface area (Å²) in [5, 5.41) is 13.8. The minimum absolute atomic E-state index is 0.0925. The van der Waals surface area contributed by atoms with Crippen LogP contribution in [0.4, 0.5) is 0 Å². The lowest BCUT2D eigenvalue weighted by molar-refractivity contribution is 0.159. The Kier molecular flexibility index (Phi) is 7.60. The summed E-state index contributed by atoms with van der Waals surface area (Å²) < 4.78 is 7.51. The summed E-state index contributed by atoms with van der Waals surface area (Å²) >= 11 is 0. The molecule has 0 saturated carbocycles. The summed E-state index contributed by atoms with van der Waals surface area (Å²) in [4.78, 5) is 18.5. The van der Waals surface area contributed by atoms with Gasteiger partial charge in [0.1, 0.15) is 5.75 Å². The van der Waals surface area contributed by atoms with Crippen molar-refractivity contribution >= 4 is 10.9 Å². The molecule has 8 nitrogen and oxygen atoms in total. The van der Waals surface area contributed by atoms with Gasteiger partial charge in [-0.3, -0.25) is 9.69 Å². The number of nitrogens with one attached hydrogen (secondary N) is 1. The molecular formula is C30H32N6O2. The normalized spacial score (nSPS) is 12.2. The highest BCUT2D eigenvalue weighted by atomic mass is 16.5. The summed E-state index contributed by atoms with van der Waals surface area (Å²) in [6.45, 7) is 5.73. The number of ether oxygens (including phenoxy) is 1. The third-order valence-corrected chi connectivity index (χ3v) is 6.88. The van der Waals surface area contributed by atoms with Crippen LogP contribution in [0.1, 0.15) is 47.5 Å². The van der Waals surface area contributed by atoms with Crippen molar-refractivity contribution in [3.63, 3.8) is 0 Å². The molecule has 0 saturated heterocycles. The zero-order valence-electron chi connectivity index (χ0n) is 22.0. The summed E-state index contributed by atoms with van der Waals surface area (Å²) in [7, 11) is 1.68. The number of aromatic amines is 1. The molecule has 5 rings (SSSR count). The van der Waals surface area contributed by atoms with E-state index in [1.165, 1.54) is 0 Å². The van der Waals surface area contributed by atoms with Gasteiger partial charge >= 0.3 is 0 Å². The monoisotopic (exact) mass is 508 g/mol. The van der Waals surface area contributed by atoms with Crippen LogP contribution in [0.5, 0.6) is 5.75 Å². The van der Waals surface area contributed by atoms with Gasteiger partial charge in [-0.2, -0.15) is 0 Å². The number of tetrazole rings is 1. The van der Waals surface area contributed by atoms with Crippen LogP contribution in [0.2, 0.25) is 0 Å². The van der Waals surface area contributed by atoms with Crippen molar-refractivity contribution in [1.82, 2.24) is 30.1 Å². The number of fused-ring (bicyclic) bond motifs is 1. The Morgan fingerprint density at radius 1 is 0.974 bits per heavy atom. The predicted octanol–water partition coefficient (Wildman–Crippen LogP) is 5.03. The fourth-order valence-electron chi connectivity index (χ4n) is 4.96. The maximum atomic E-state index is 13.2. The number of aromatic nitrogens is 5. The third kappa shape index (κ3) is 5.50. The summed E-state index contributed by atoms with van der Waals surface area (Å²) in [6.07, 6.45) is 0.759. The number of rotatable bonds is 10. The molecule has 2 aromatic heterocycles. The van der Waals surface area contributed by atoms with Crippen LogP contribution in [0.3, 0.4) is 0 Å². The van der Waals surface area contributed by atoms with Crippen molar-refractivity contribution in [2.24, 2.45) is 0 Å². The van der Waals surface area contributed by atoms with Crippen molar-refractivity contribution < 1.29 is 4.74 Å². The first-order valence-corrected chi connectivity index (χ1v) is 12.8. The van der Waals surface area contributed by atoms with Gasteiger partial charge in [0.15, 0.2) is 5.82 Å².